The summed E-state index contributed by atoms with van der Waals surface area (Å²) in [7, 11) is -1.78. The molecular formula is C37H53ClN4O5S. The van der Waals surface area contributed by atoms with Gasteiger partial charge in [0.25, 0.3) is 5.91 Å². The quantitative estimate of drug-likeness (QED) is 0.434. The smallest absolute Gasteiger partial charge is 0.264 e. The second-order valence-corrected chi connectivity index (χ2v) is 17.4. The summed E-state index contributed by atoms with van der Waals surface area (Å²) in [6, 6.07) is 11.2. The predicted octanol–water partition coefficient (Wildman–Crippen LogP) is 5.33. The molecular weight excluding hydrogens is 648 g/mol. The van der Waals surface area contributed by atoms with Crippen LogP contribution in [0, 0.1) is 17.8 Å². The number of hydrogen-bond acceptors (Lipinski definition) is 8. The molecule has 1 aliphatic carbocycles. The Kier molecular flexibility index (Phi) is 11.0. The van der Waals surface area contributed by atoms with Gasteiger partial charge in [0, 0.05) is 56.4 Å². The molecule has 0 radical (unpaired) electrons. The number of hydrogen-bond donors (Lipinski definition) is 2. The zero-order chi connectivity index (χ0) is 34.1. The van der Waals surface area contributed by atoms with Gasteiger partial charge in [-0.3, -0.25) is 9.69 Å². The van der Waals surface area contributed by atoms with Crippen molar-refractivity contribution in [1.82, 2.24) is 14.5 Å². The first kappa shape index (κ1) is 35.5. The van der Waals surface area contributed by atoms with Crippen LogP contribution in [-0.2, 0) is 23.1 Å². The van der Waals surface area contributed by atoms with Crippen LogP contribution in [0.3, 0.4) is 0 Å². The van der Waals surface area contributed by atoms with Crippen LogP contribution in [0.4, 0.5) is 5.69 Å². The lowest BCUT2D eigenvalue weighted by atomic mass is 9.62. The van der Waals surface area contributed by atoms with Crippen molar-refractivity contribution in [3.63, 3.8) is 0 Å². The van der Waals surface area contributed by atoms with Gasteiger partial charge in [-0.25, -0.2) is 13.1 Å². The third-order valence-electron chi connectivity index (χ3n) is 11.7. The minimum Gasteiger partial charge on any atom is -0.487 e. The lowest BCUT2D eigenvalue weighted by Crippen LogP contribution is -2.58. The second-order valence-electron chi connectivity index (χ2n) is 15.0. The molecule has 0 spiro atoms. The number of rotatable bonds is 2. The Labute approximate surface area is 292 Å². The van der Waals surface area contributed by atoms with Crippen molar-refractivity contribution >= 4 is 33.2 Å². The number of amides is 1. The van der Waals surface area contributed by atoms with Gasteiger partial charge in [-0.2, -0.15) is 0 Å². The summed E-state index contributed by atoms with van der Waals surface area (Å²) < 4.78 is 35.8. The number of β-amino-alcohol motifs (C(OH)–C–C–N with tert-alkyl or cyclic N) is 1. The molecule has 1 amide bonds. The van der Waals surface area contributed by atoms with E-state index in [0.29, 0.717) is 42.7 Å². The second kappa shape index (κ2) is 14.9. The highest BCUT2D eigenvalue weighted by Crippen LogP contribution is 2.46. The molecule has 48 heavy (non-hydrogen) atoms. The fraction of sp³-hybridized carbons (Fsp3) is 0.649. The summed E-state index contributed by atoms with van der Waals surface area (Å²) in [5.41, 5.74) is 2.48. The summed E-state index contributed by atoms with van der Waals surface area (Å²) in [5, 5.41) is 12.6. The van der Waals surface area contributed by atoms with Gasteiger partial charge < -0.3 is 19.6 Å². The standard InChI is InChI=1S/C37H53ClN4O5S/c1-26-7-6-15-37(44,25-41-19-17-40(3)18-20-41)33-13-10-30(33)23-42-16-5-4-8-28-21-32(38)12-9-31(28)24-47-35-14-11-29(22-34(35)42)36(43)39-48(45,46)27(26)2/h9,11-12,14,21-22,26-27,30,33,44H,4-8,10,13,15-20,23-25H2,1-3H3,(H,39,43)/t26-,27+,30-,33+,37-/m0/s1. The van der Waals surface area contributed by atoms with Crippen molar-refractivity contribution in [2.75, 3.05) is 57.8 Å². The van der Waals surface area contributed by atoms with E-state index in [0.717, 1.165) is 89.0 Å². The molecule has 2 bridgehead atoms. The first-order chi connectivity index (χ1) is 22.9. The molecule has 1 saturated heterocycles. The molecule has 3 heterocycles. The number of aryl methyl sites for hydroxylation is 1. The van der Waals surface area contributed by atoms with E-state index < -0.39 is 26.8 Å². The third kappa shape index (κ3) is 7.99. The zero-order valence-electron chi connectivity index (χ0n) is 28.8. The monoisotopic (exact) mass is 700 g/mol. The van der Waals surface area contributed by atoms with Crippen LogP contribution >= 0.6 is 11.6 Å². The zero-order valence-corrected chi connectivity index (χ0v) is 30.4. The average molecular weight is 701 g/mol. The SMILES string of the molecule is C[C@@H]1[C@@H](C)CCC[C@](O)(CN2CCN(C)CC2)[C@@H]2CC[C@H]2CN2CCCCc3cc(Cl)ccc3COc3ccc(cc32)C(=O)NS1(=O)=O. The maximum atomic E-state index is 13.5. The summed E-state index contributed by atoms with van der Waals surface area (Å²) in [4.78, 5) is 20.6. The fourth-order valence-electron chi connectivity index (χ4n) is 8.18. The van der Waals surface area contributed by atoms with Gasteiger partial charge in [-0.1, -0.05) is 31.0 Å². The minimum atomic E-state index is -3.93. The number of sulfonamides is 1. The van der Waals surface area contributed by atoms with Crippen LogP contribution < -0.4 is 14.4 Å². The summed E-state index contributed by atoms with van der Waals surface area (Å²) in [5.74, 6) is 0.285. The number of fused-ring (bicyclic) bond motifs is 3. The Hall–Kier alpha value is -2.37. The van der Waals surface area contributed by atoms with Gasteiger partial charge in [-0.05, 0) is 118 Å². The molecule has 0 unspecified atom stereocenters. The number of halogens is 1. The molecule has 3 aliphatic heterocycles. The number of ether oxygens (including phenoxy) is 1. The normalized spacial score (nSPS) is 30.9. The molecule has 9 nitrogen and oxygen atoms in total. The van der Waals surface area contributed by atoms with Crippen LogP contribution in [0.25, 0.3) is 0 Å². The van der Waals surface area contributed by atoms with Crippen molar-refractivity contribution in [3.8, 4) is 5.75 Å². The van der Waals surface area contributed by atoms with E-state index in [1.807, 2.05) is 25.1 Å². The number of benzene rings is 2. The number of carbonyl (C=O) groups excluding carboxylic acids is 1. The van der Waals surface area contributed by atoms with E-state index >= 15 is 0 Å². The van der Waals surface area contributed by atoms with E-state index in [2.05, 4.69) is 26.5 Å². The Morgan fingerprint density at radius 2 is 1.77 bits per heavy atom. The maximum absolute atomic E-state index is 13.5. The molecule has 11 heteroatoms. The fourth-order valence-corrected chi connectivity index (χ4v) is 9.69. The number of nitrogens with one attached hydrogen (secondary N) is 1. The largest absolute Gasteiger partial charge is 0.487 e. The highest BCUT2D eigenvalue weighted by molar-refractivity contribution is 7.90. The lowest BCUT2D eigenvalue weighted by molar-refractivity contribution is -0.109. The van der Waals surface area contributed by atoms with Crippen molar-refractivity contribution in [2.45, 2.75) is 82.7 Å². The number of piperazine rings is 1. The van der Waals surface area contributed by atoms with Crippen LogP contribution in [0.15, 0.2) is 36.4 Å². The van der Waals surface area contributed by atoms with Gasteiger partial charge >= 0.3 is 0 Å². The first-order valence-electron chi connectivity index (χ1n) is 17.9. The Bertz CT molecular complexity index is 1560. The van der Waals surface area contributed by atoms with Crippen LogP contribution in [0.5, 0.6) is 5.75 Å². The molecule has 1 saturated carbocycles. The summed E-state index contributed by atoms with van der Waals surface area (Å²) in [6.45, 7) is 9.97. The number of nitrogens with zero attached hydrogens (tertiary/aromatic N) is 3. The highest BCUT2D eigenvalue weighted by Gasteiger charge is 2.48. The van der Waals surface area contributed by atoms with E-state index in [1.54, 1.807) is 25.1 Å². The van der Waals surface area contributed by atoms with Crippen LogP contribution in [0.1, 0.15) is 80.3 Å². The molecule has 6 rings (SSSR count). The molecule has 2 aromatic rings. The van der Waals surface area contributed by atoms with Crippen LogP contribution in [0.2, 0.25) is 5.02 Å². The number of likely N-dealkylation sites (N-methyl/N-ethyl adjacent to an activating group) is 1. The maximum Gasteiger partial charge on any atom is 0.264 e. The van der Waals surface area contributed by atoms with Crippen molar-refractivity contribution in [2.24, 2.45) is 17.8 Å². The molecule has 2 aromatic carbocycles. The summed E-state index contributed by atoms with van der Waals surface area (Å²) >= 11 is 6.37. The van der Waals surface area contributed by atoms with Gasteiger partial charge in [0.05, 0.1) is 16.5 Å². The number of carbonyl (C=O) groups is 1. The van der Waals surface area contributed by atoms with E-state index in [1.165, 1.54) is 5.56 Å². The van der Waals surface area contributed by atoms with E-state index in [-0.39, 0.29) is 17.4 Å². The number of anilines is 1. The topological polar surface area (TPSA) is 102 Å². The van der Waals surface area contributed by atoms with E-state index in [9.17, 15) is 18.3 Å². The lowest BCUT2D eigenvalue weighted by Gasteiger charge is -2.51. The Morgan fingerprint density at radius 3 is 2.52 bits per heavy atom. The minimum absolute atomic E-state index is 0.141. The Balaban J connectivity index is 1.36. The third-order valence-corrected chi connectivity index (χ3v) is 13.8. The van der Waals surface area contributed by atoms with Gasteiger partial charge in [-0.15, -0.1) is 0 Å². The van der Waals surface area contributed by atoms with Gasteiger partial charge in [0.1, 0.15) is 12.4 Å². The van der Waals surface area contributed by atoms with E-state index in [4.69, 9.17) is 16.3 Å². The molecule has 2 N–H and O–H groups in total. The number of aliphatic hydroxyl groups is 1. The highest BCUT2D eigenvalue weighted by atomic mass is 35.5. The van der Waals surface area contributed by atoms with Crippen molar-refractivity contribution in [1.29, 1.82) is 0 Å². The molecule has 2 fully saturated rings. The first-order valence-corrected chi connectivity index (χ1v) is 19.8. The predicted molar refractivity (Wildman–Crippen MR) is 191 cm³/mol. The average Bonchev–Trinajstić information content (AvgIpc) is 3.06. The van der Waals surface area contributed by atoms with Crippen LogP contribution in [-0.4, -0.2) is 92.9 Å². The van der Waals surface area contributed by atoms with Gasteiger partial charge in [0.15, 0.2) is 0 Å². The van der Waals surface area contributed by atoms with Crippen molar-refractivity contribution < 1.29 is 23.1 Å². The molecule has 264 valence electrons. The molecule has 5 atom stereocenters. The van der Waals surface area contributed by atoms with Gasteiger partial charge in [0.2, 0.25) is 10.0 Å². The molecule has 0 aromatic heterocycles. The Morgan fingerprint density at radius 1 is 0.979 bits per heavy atom. The summed E-state index contributed by atoms with van der Waals surface area (Å²) in [6.07, 6.45) is 6.83. The molecule has 4 aliphatic rings. The van der Waals surface area contributed by atoms with Crippen molar-refractivity contribution in [3.05, 3.63) is 58.1 Å².